The van der Waals surface area contributed by atoms with E-state index in [1.165, 1.54) is 11.1 Å². The molecule has 0 unspecified atom stereocenters. The first-order valence-electron chi connectivity index (χ1n) is 11.7. The van der Waals surface area contributed by atoms with Crippen LogP contribution in [0.4, 0.5) is 4.79 Å². The van der Waals surface area contributed by atoms with Crippen LogP contribution in [-0.2, 0) is 6.42 Å². The molecule has 0 fully saturated rings. The molecular formula is C30H27NO4. The van der Waals surface area contributed by atoms with Gasteiger partial charge in [-0.25, -0.2) is 4.79 Å². The van der Waals surface area contributed by atoms with Crippen molar-refractivity contribution in [1.82, 2.24) is 4.98 Å². The molecule has 2 N–H and O–H groups in total. The second-order valence-electron chi connectivity index (χ2n) is 8.71. The van der Waals surface area contributed by atoms with Crippen molar-refractivity contribution in [2.45, 2.75) is 26.7 Å². The lowest BCUT2D eigenvalue weighted by Gasteiger charge is -2.10. The molecule has 0 saturated carbocycles. The molecule has 5 rings (SSSR count). The summed E-state index contributed by atoms with van der Waals surface area (Å²) < 4.78 is 11.3. The van der Waals surface area contributed by atoms with Gasteiger partial charge in [0.05, 0.1) is 12.1 Å². The second kappa shape index (κ2) is 9.55. The van der Waals surface area contributed by atoms with Gasteiger partial charge < -0.3 is 19.6 Å². The first kappa shape index (κ1) is 22.5. The number of hydrogen-bond acceptors (Lipinski definition) is 3. The lowest BCUT2D eigenvalue weighted by Crippen LogP contribution is -2.06. The van der Waals surface area contributed by atoms with Gasteiger partial charge in [-0.1, -0.05) is 72.8 Å². The van der Waals surface area contributed by atoms with Crippen molar-refractivity contribution in [2.24, 2.45) is 0 Å². The average Bonchev–Trinajstić information content (AvgIpc) is 3.20. The second-order valence-corrected chi connectivity index (χ2v) is 8.71. The smallest absolute Gasteiger partial charge is 0.493 e. The number of aryl methyl sites for hydroxylation is 2. The third-order valence-corrected chi connectivity index (χ3v) is 6.56. The lowest BCUT2D eigenvalue weighted by molar-refractivity contribution is 0.142. The van der Waals surface area contributed by atoms with Crippen LogP contribution in [0, 0.1) is 13.8 Å². The van der Waals surface area contributed by atoms with Crippen LogP contribution in [0.15, 0.2) is 78.9 Å². The van der Waals surface area contributed by atoms with Gasteiger partial charge in [0.15, 0.2) is 0 Å². The van der Waals surface area contributed by atoms with Crippen LogP contribution in [0.3, 0.4) is 0 Å². The Bertz CT molecular complexity index is 1530. The number of para-hydroxylation sites is 1. The molecule has 0 radical (unpaired) electrons. The average molecular weight is 466 g/mol. The maximum Gasteiger partial charge on any atom is 0.512 e. The first-order valence-corrected chi connectivity index (χ1v) is 11.7. The van der Waals surface area contributed by atoms with Crippen LogP contribution in [-0.4, -0.2) is 22.9 Å². The summed E-state index contributed by atoms with van der Waals surface area (Å²) in [7, 11) is 0. The molecule has 5 nitrogen and oxygen atoms in total. The van der Waals surface area contributed by atoms with Crippen molar-refractivity contribution in [3.8, 4) is 22.8 Å². The summed E-state index contributed by atoms with van der Waals surface area (Å²) in [6.07, 6.45) is -0.0122. The minimum absolute atomic E-state index is 0.274. The Morgan fingerprint density at radius 2 is 1.57 bits per heavy atom. The largest absolute Gasteiger partial charge is 0.512 e. The van der Waals surface area contributed by atoms with Crippen molar-refractivity contribution < 1.29 is 19.4 Å². The number of aromatic nitrogens is 1. The number of H-pyrrole nitrogens is 1. The predicted octanol–water partition coefficient (Wildman–Crippen LogP) is 7.67. The molecule has 0 atom stereocenters. The first-order chi connectivity index (χ1) is 17.0. The third-order valence-electron chi connectivity index (χ3n) is 6.56. The number of aromatic amines is 1. The Labute approximate surface area is 203 Å². The van der Waals surface area contributed by atoms with Gasteiger partial charge in [-0.3, -0.25) is 0 Å². The van der Waals surface area contributed by atoms with E-state index in [0.717, 1.165) is 44.1 Å². The van der Waals surface area contributed by atoms with Gasteiger partial charge in [-0.05, 0) is 54.8 Å². The zero-order valence-corrected chi connectivity index (χ0v) is 19.8. The Hall–Kier alpha value is -4.25. The Balaban J connectivity index is 1.43. The predicted molar refractivity (Wildman–Crippen MR) is 140 cm³/mol. The van der Waals surface area contributed by atoms with E-state index in [1.807, 2.05) is 42.5 Å². The number of carboxylic acid groups (broad SMARTS) is 1. The van der Waals surface area contributed by atoms with Gasteiger partial charge in [0.2, 0.25) is 5.88 Å². The van der Waals surface area contributed by atoms with Crippen LogP contribution in [0.1, 0.15) is 23.1 Å². The molecule has 0 aliphatic heterocycles. The summed E-state index contributed by atoms with van der Waals surface area (Å²) in [6, 6.07) is 26.5. The number of ether oxygens (including phenoxy) is 2. The molecule has 1 aromatic heterocycles. The number of benzene rings is 4. The van der Waals surface area contributed by atoms with E-state index in [1.54, 1.807) is 0 Å². The maximum absolute atomic E-state index is 11.4. The minimum Gasteiger partial charge on any atom is -0.493 e. The van der Waals surface area contributed by atoms with Crippen molar-refractivity contribution >= 4 is 27.8 Å². The number of fused-ring (bicyclic) bond motifs is 2. The molecule has 176 valence electrons. The molecule has 0 aliphatic carbocycles. The topological polar surface area (TPSA) is 71.6 Å². The normalized spacial score (nSPS) is 11.1. The van der Waals surface area contributed by atoms with Gasteiger partial charge in [-0.2, -0.15) is 0 Å². The lowest BCUT2D eigenvalue weighted by atomic mass is 9.95. The van der Waals surface area contributed by atoms with E-state index in [4.69, 9.17) is 9.47 Å². The zero-order chi connectivity index (χ0) is 24.4. The van der Waals surface area contributed by atoms with Crippen molar-refractivity contribution in [3.63, 3.8) is 0 Å². The summed E-state index contributed by atoms with van der Waals surface area (Å²) in [5, 5.41) is 12.5. The highest BCUT2D eigenvalue weighted by atomic mass is 16.7. The summed E-state index contributed by atoms with van der Waals surface area (Å²) in [5.74, 6) is 1.12. The fourth-order valence-electron chi connectivity index (χ4n) is 4.69. The van der Waals surface area contributed by atoms with Crippen LogP contribution >= 0.6 is 0 Å². The molecular weight excluding hydrogens is 438 g/mol. The fraction of sp³-hybridized carbons (Fsp3) is 0.167. The number of rotatable bonds is 7. The van der Waals surface area contributed by atoms with Crippen LogP contribution < -0.4 is 9.47 Å². The molecule has 4 aromatic carbocycles. The number of carbonyl (C=O) groups is 1. The van der Waals surface area contributed by atoms with Gasteiger partial charge in [0.25, 0.3) is 0 Å². The molecule has 0 bridgehead atoms. The van der Waals surface area contributed by atoms with Crippen LogP contribution in [0.2, 0.25) is 0 Å². The van der Waals surface area contributed by atoms with E-state index in [2.05, 4.69) is 55.2 Å². The third kappa shape index (κ3) is 4.45. The van der Waals surface area contributed by atoms with E-state index >= 15 is 0 Å². The molecule has 0 spiro atoms. The van der Waals surface area contributed by atoms with Gasteiger partial charge in [0.1, 0.15) is 5.75 Å². The Morgan fingerprint density at radius 3 is 2.43 bits per heavy atom. The molecule has 0 amide bonds. The minimum atomic E-state index is -1.34. The SMILES string of the molecule is Cc1cccc(-c2cccc3c(CCCOc4cccc5ccccc45)c(OC(=O)O)[nH]c23)c1C. The van der Waals surface area contributed by atoms with E-state index in [0.29, 0.717) is 19.4 Å². The quantitative estimate of drug-likeness (QED) is 0.191. The van der Waals surface area contributed by atoms with Crippen molar-refractivity contribution in [3.05, 3.63) is 95.6 Å². The van der Waals surface area contributed by atoms with Crippen molar-refractivity contribution in [2.75, 3.05) is 6.61 Å². The molecule has 1 heterocycles. The standard InChI is InChI=1S/C30H27NO4/c1-19-9-5-13-22(20(19)2)24-14-7-15-25-26(29(31-28(24)25)35-30(32)33)16-8-18-34-27-17-6-11-21-10-3-4-12-23(21)27/h3-7,9-15,17,31H,8,16,18H2,1-2H3,(H,32,33). The van der Waals surface area contributed by atoms with E-state index in [-0.39, 0.29) is 5.88 Å². The number of nitrogens with one attached hydrogen (secondary N) is 1. The number of hydrogen-bond donors (Lipinski definition) is 2. The van der Waals surface area contributed by atoms with Gasteiger partial charge in [0, 0.05) is 21.9 Å². The summed E-state index contributed by atoms with van der Waals surface area (Å²) >= 11 is 0. The summed E-state index contributed by atoms with van der Waals surface area (Å²) in [4.78, 5) is 14.7. The van der Waals surface area contributed by atoms with E-state index < -0.39 is 6.16 Å². The molecule has 0 aliphatic rings. The highest BCUT2D eigenvalue weighted by Crippen LogP contribution is 2.37. The van der Waals surface area contributed by atoms with Gasteiger partial charge in [-0.15, -0.1) is 0 Å². The van der Waals surface area contributed by atoms with Gasteiger partial charge >= 0.3 is 6.16 Å². The monoisotopic (exact) mass is 465 g/mol. The Morgan fingerprint density at radius 1 is 0.857 bits per heavy atom. The molecule has 5 aromatic rings. The fourth-order valence-corrected chi connectivity index (χ4v) is 4.69. The molecule has 35 heavy (non-hydrogen) atoms. The highest BCUT2D eigenvalue weighted by molar-refractivity contribution is 5.98. The highest BCUT2D eigenvalue weighted by Gasteiger charge is 2.19. The summed E-state index contributed by atoms with van der Waals surface area (Å²) in [6.45, 7) is 4.70. The zero-order valence-electron chi connectivity index (χ0n) is 19.8. The van der Waals surface area contributed by atoms with Crippen LogP contribution in [0.25, 0.3) is 32.8 Å². The van der Waals surface area contributed by atoms with Crippen molar-refractivity contribution in [1.29, 1.82) is 0 Å². The maximum atomic E-state index is 11.4. The van der Waals surface area contributed by atoms with Crippen LogP contribution in [0.5, 0.6) is 11.6 Å². The molecule has 0 saturated heterocycles. The molecule has 5 heteroatoms. The summed E-state index contributed by atoms with van der Waals surface area (Å²) in [5.41, 5.74) is 6.26. The Kier molecular flexibility index (Phi) is 6.15. The van der Waals surface area contributed by atoms with E-state index in [9.17, 15) is 9.90 Å².